The summed E-state index contributed by atoms with van der Waals surface area (Å²) in [7, 11) is 0. The number of hydrogen-bond acceptors (Lipinski definition) is 5. The number of phenolic OH excluding ortho intramolecular Hbond substituents is 1. The average molecular weight is 409 g/mol. The fourth-order valence-electron chi connectivity index (χ4n) is 2.22. The Bertz CT molecular complexity index is 914. The third-order valence-corrected chi connectivity index (χ3v) is 3.48. The number of rotatable bonds is 7. The molecule has 0 bridgehead atoms. The second-order valence-electron chi connectivity index (χ2n) is 5.76. The summed E-state index contributed by atoms with van der Waals surface area (Å²) in [6.45, 7) is 2.11. The van der Waals surface area contributed by atoms with Crippen LogP contribution in [0.1, 0.15) is 24.5 Å². The van der Waals surface area contributed by atoms with E-state index in [0.717, 1.165) is 18.2 Å². The van der Waals surface area contributed by atoms with E-state index < -0.39 is 30.0 Å². The molecule has 0 aromatic heterocycles. The number of carbonyl (C=O) groups excluding carboxylic acids is 2. The summed E-state index contributed by atoms with van der Waals surface area (Å²) in [5.41, 5.74) is 1.68. The summed E-state index contributed by atoms with van der Waals surface area (Å²) in [4.78, 5) is 23.6. The Morgan fingerprint density at radius 2 is 1.93 bits per heavy atom. The Balaban J connectivity index is 1.88. The molecule has 0 radical (unpaired) electrons. The topological polar surface area (TPSA) is 100 Å². The summed E-state index contributed by atoms with van der Waals surface area (Å²) in [6.07, 6.45) is -3.89. The lowest BCUT2D eigenvalue weighted by Crippen LogP contribution is -2.24. The van der Waals surface area contributed by atoms with Crippen molar-refractivity contribution in [2.75, 3.05) is 11.9 Å². The van der Waals surface area contributed by atoms with Crippen LogP contribution in [0.25, 0.3) is 0 Å². The Morgan fingerprint density at radius 3 is 2.62 bits per heavy atom. The van der Waals surface area contributed by atoms with E-state index in [0.29, 0.717) is 12.2 Å². The second kappa shape index (κ2) is 9.58. The monoisotopic (exact) mass is 409 g/mol. The maximum atomic E-state index is 12.7. The number of nitrogens with zero attached hydrogens (tertiary/aromatic N) is 1. The lowest BCUT2D eigenvalue weighted by atomic mass is 10.2. The molecule has 0 aliphatic carbocycles. The quantitative estimate of drug-likeness (QED) is 0.371. The standard InChI is InChI=1S/C19H18F3N3O4/c1-2-29-16-8-12(6-7-15(16)26)11-23-25-18(28)10-17(27)24-14-5-3-4-13(9-14)19(20,21)22/h3-9,11,26H,2,10H2,1H3,(H,24,27)(H,25,28)/b23-11-. The first-order valence-electron chi connectivity index (χ1n) is 8.44. The lowest BCUT2D eigenvalue weighted by molar-refractivity contribution is -0.137. The molecule has 154 valence electrons. The van der Waals surface area contributed by atoms with Crippen LogP contribution in [0.15, 0.2) is 47.6 Å². The molecule has 29 heavy (non-hydrogen) atoms. The van der Waals surface area contributed by atoms with Crippen LogP contribution >= 0.6 is 0 Å². The van der Waals surface area contributed by atoms with Gasteiger partial charge in [-0.3, -0.25) is 9.59 Å². The van der Waals surface area contributed by atoms with Crippen molar-refractivity contribution in [1.82, 2.24) is 5.43 Å². The molecule has 0 atom stereocenters. The highest BCUT2D eigenvalue weighted by Gasteiger charge is 2.30. The van der Waals surface area contributed by atoms with Crippen LogP contribution in [-0.2, 0) is 15.8 Å². The second-order valence-corrected chi connectivity index (χ2v) is 5.76. The molecule has 2 amide bonds. The van der Waals surface area contributed by atoms with Gasteiger partial charge in [-0.1, -0.05) is 6.07 Å². The number of phenols is 1. The predicted molar refractivity (Wildman–Crippen MR) is 99.7 cm³/mol. The highest BCUT2D eigenvalue weighted by molar-refractivity contribution is 6.03. The molecule has 0 fully saturated rings. The molecular formula is C19H18F3N3O4. The maximum Gasteiger partial charge on any atom is 0.416 e. The van der Waals surface area contributed by atoms with Gasteiger partial charge in [-0.15, -0.1) is 0 Å². The zero-order chi connectivity index (χ0) is 21.4. The highest BCUT2D eigenvalue weighted by atomic mass is 19.4. The van der Waals surface area contributed by atoms with Gasteiger partial charge in [-0.2, -0.15) is 18.3 Å². The highest BCUT2D eigenvalue weighted by Crippen LogP contribution is 2.30. The van der Waals surface area contributed by atoms with Crippen molar-refractivity contribution in [3.05, 3.63) is 53.6 Å². The first-order valence-corrected chi connectivity index (χ1v) is 8.44. The van der Waals surface area contributed by atoms with Crippen LogP contribution in [-0.4, -0.2) is 29.7 Å². The van der Waals surface area contributed by atoms with Gasteiger partial charge in [0.15, 0.2) is 11.5 Å². The summed E-state index contributed by atoms with van der Waals surface area (Å²) >= 11 is 0. The zero-order valence-electron chi connectivity index (χ0n) is 15.3. The van der Waals surface area contributed by atoms with Crippen molar-refractivity contribution in [3.63, 3.8) is 0 Å². The molecule has 7 nitrogen and oxygen atoms in total. The first-order chi connectivity index (χ1) is 13.7. The van der Waals surface area contributed by atoms with E-state index in [1.54, 1.807) is 6.92 Å². The molecule has 10 heteroatoms. The minimum atomic E-state index is -4.54. The summed E-state index contributed by atoms with van der Waals surface area (Å²) in [5.74, 6) is -1.34. The minimum Gasteiger partial charge on any atom is -0.504 e. The van der Waals surface area contributed by atoms with Gasteiger partial charge < -0.3 is 15.2 Å². The predicted octanol–water partition coefficient (Wildman–Crippen LogP) is 3.29. The van der Waals surface area contributed by atoms with Gasteiger partial charge in [-0.25, -0.2) is 5.43 Å². The molecule has 0 aliphatic rings. The molecule has 0 unspecified atom stereocenters. The van der Waals surface area contributed by atoms with E-state index in [1.165, 1.54) is 30.5 Å². The molecular weight excluding hydrogens is 391 g/mol. The normalized spacial score (nSPS) is 11.3. The van der Waals surface area contributed by atoms with E-state index in [-0.39, 0.29) is 17.2 Å². The molecule has 3 N–H and O–H groups in total. The fraction of sp³-hybridized carbons (Fsp3) is 0.211. The Morgan fingerprint density at radius 1 is 1.17 bits per heavy atom. The fourth-order valence-corrected chi connectivity index (χ4v) is 2.22. The number of ether oxygens (including phenoxy) is 1. The number of halogens is 3. The lowest BCUT2D eigenvalue weighted by Gasteiger charge is -2.09. The van der Waals surface area contributed by atoms with E-state index in [9.17, 15) is 27.9 Å². The van der Waals surface area contributed by atoms with E-state index in [2.05, 4.69) is 15.8 Å². The van der Waals surface area contributed by atoms with Gasteiger partial charge in [0.25, 0.3) is 0 Å². The van der Waals surface area contributed by atoms with Crippen LogP contribution in [0.4, 0.5) is 18.9 Å². The van der Waals surface area contributed by atoms with E-state index in [1.807, 2.05) is 0 Å². The molecule has 2 aromatic carbocycles. The number of aromatic hydroxyl groups is 1. The van der Waals surface area contributed by atoms with Crippen molar-refractivity contribution < 1.29 is 32.6 Å². The van der Waals surface area contributed by atoms with Crippen molar-refractivity contribution in [3.8, 4) is 11.5 Å². The number of amides is 2. The Hall–Kier alpha value is -3.56. The molecule has 0 saturated heterocycles. The van der Waals surface area contributed by atoms with Gasteiger partial charge >= 0.3 is 6.18 Å². The van der Waals surface area contributed by atoms with Crippen LogP contribution in [0, 0.1) is 0 Å². The number of hydrogen-bond donors (Lipinski definition) is 3. The van der Waals surface area contributed by atoms with Crippen molar-refractivity contribution >= 4 is 23.7 Å². The molecule has 0 aliphatic heterocycles. The number of alkyl halides is 3. The maximum absolute atomic E-state index is 12.7. The largest absolute Gasteiger partial charge is 0.504 e. The number of nitrogens with one attached hydrogen (secondary N) is 2. The van der Waals surface area contributed by atoms with Gasteiger partial charge in [0, 0.05) is 5.69 Å². The van der Waals surface area contributed by atoms with Crippen LogP contribution < -0.4 is 15.5 Å². The van der Waals surface area contributed by atoms with Crippen molar-refractivity contribution in [2.45, 2.75) is 19.5 Å². The minimum absolute atomic E-state index is 0.0423. The van der Waals surface area contributed by atoms with E-state index >= 15 is 0 Å². The zero-order valence-corrected chi connectivity index (χ0v) is 15.3. The number of hydrazone groups is 1. The summed E-state index contributed by atoms with van der Waals surface area (Å²) < 4.78 is 43.2. The number of carbonyl (C=O) groups is 2. The van der Waals surface area contributed by atoms with Crippen molar-refractivity contribution in [2.24, 2.45) is 5.10 Å². The van der Waals surface area contributed by atoms with Gasteiger partial charge in [0.2, 0.25) is 11.8 Å². The molecule has 2 aromatic rings. The van der Waals surface area contributed by atoms with Crippen molar-refractivity contribution in [1.29, 1.82) is 0 Å². The first kappa shape index (κ1) is 21.7. The molecule has 2 rings (SSSR count). The van der Waals surface area contributed by atoms with Crippen LogP contribution in [0.2, 0.25) is 0 Å². The number of anilines is 1. The van der Waals surface area contributed by atoms with Gasteiger partial charge in [-0.05, 0) is 48.9 Å². The van der Waals surface area contributed by atoms with E-state index in [4.69, 9.17) is 4.74 Å². The molecule has 0 saturated carbocycles. The molecule has 0 spiro atoms. The summed E-state index contributed by atoms with van der Waals surface area (Å²) in [6, 6.07) is 8.52. The van der Waals surface area contributed by atoms with Crippen LogP contribution in [0.3, 0.4) is 0 Å². The average Bonchev–Trinajstić information content (AvgIpc) is 2.64. The number of benzene rings is 2. The van der Waals surface area contributed by atoms with Gasteiger partial charge in [0.05, 0.1) is 18.4 Å². The third-order valence-electron chi connectivity index (χ3n) is 3.48. The SMILES string of the molecule is CCOc1cc(/C=N\NC(=O)CC(=O)Nc2cccc(C(F)(F)F)c2)ccc1O. The van der Waals surface area contributed by atoms with Crippen LogP contribution in [0.5, 0.6) is 11.5 Å². The van der Waals surface area contributed by atoms with Gasteiger partial charge in [0.1, 0.15) is 6.42 Å². The third kappa shape index (κ3) is 6.83. The Kier molecular flexibility index (Phi) is 7.18. The smallest absolute Gasteiger partial charge is 0.416 e. The Labute approximate surface area is 164 Å². The summed E-state index contributed by atoms with van der Waals surface area (Å²) in [5, 5.41) is 15.5. The molecule has 0 heterocycles.